The zero-order valence-corrected chi connectivity index (χ0v) is 20.8. The van der Waals surface area contributed by atoms with Crippen molar-refractivity contribution in [3.05, 3.63) is 41.9 Å². The topological polar surface area (TPSA) is 137 Å². The van der Waals surface area contributed by atoms with E-state index < -0.39 is 6.04 Å². The Morgan fingerprint density at radius 1 is 1.24 bits per heavy atom. The van der Waals surface area contributed by atoms with Crippen LogP contribution in [0.5, 0.6) is 0 Å². The third-order valence-electron chi connectivity index (χ3n) is 4.73. The number of aryl methyl sites for hydroxylation is 1. The standard InChI is InChI=1S/C17H20N4O2.C5H11NO3.C2H6/c1-10(2)15(21-14(22)9-19-17(21)23)16-18-8-13(20-16)12-6-4-11(3)5-7-12;1-2-5(8)6-9-4-3-7;1-2/h4-8,10,15H,9H2,1-3H3,(H,18,20)(H,19,23);7H,2-4H2,1H3,(H,6,8);1-2H3. The molecule has 1 fully saturated rings. The highest BCUT2D eigenvalue weighted by Crippen LogP contribution is 2.30. The van der Waals surface area contributed by atoms with Crippen LogP contribution in [0.4, 0.5) is 4.79 Å². The fourth-order valence-corrected chi connectivity index (χ4v) is 3.07. The fraction of sp³-hybridized carbons (Fsp3) is 0.500. The second-order valence-corrected chi connectivity index (χ2v) is 7.61. The molecule has 0 saturated carbocycles. The van der Waals surface area contributed by atoms with E-state index in [4.69, 9.17) is 5.11 Å². The van der Waals surface area contributed by atoms with Crippen LogP contribution in [0.1, 0.15) is 58.5 Å². The van der Waals surface area contributed by atoms with Crippen LogP contribution in [0.25, 0.3) is 11.3 Å². The molecule has 1 saturated heterocycles. The number of aromatic nitrogens is 2. The first-order valence-corrected chi connectivity index (χ1v) is 11.5. The van der Waals surface area contributed by atoms with E-state index in [2.05, 4.69) is 25.6 Å². The molecule has 188 valence electrons. The molecular weight excluding hydrogens is 438 g/mol. The summed E-state index contributed by atoms with van der Waals surface area (Å²) < 4.78 is 0. The van der Waals surface area contributed by atoms with Gasteiger partial charge in [0, 0.05) is 6.42 Å². The van der Waals surface area contributed by atoms with Gasteiger partial charge < -0.3 is 15.4 Å². The van der Waals surface area contributed by atoms with Crippen LogP contribution in [0.15, 0.2) is 30.5 Å². The van der Waals surface area contributed by atoms with Crippen molar-refractivity contribution in [1.29, 1.82) is 0 Å². The molecule has 4 N–H and O–H groups in total. The molecule has 1 aliphatic heterocycles. The molecule has 1 aliphatic rings. The Morgan fingerprint density at radius 2 is 1.88 bits per heavy atom. The molecule has 1 atom stereocenters. The largest absolute Gasteiger partial charge is 0.394 e. The lowest BCUT2D eigenvalue weighted by Gasteiger charge is -2.26. The Morgan fingerprint density at radius 3 is 2.38 bits per heavy atom. The number of carbonyl (C=O) groups excluding carboxylic acids is 3. The normalized spacial score (nSPS) is 13.5. The summed E-state index contributed by atoms with van der Waals surface area (Å²) in [5.41, 5.74) is 5.22. The molecule has 34 heavy (non-hydrogen) atoms. The summed E-state index contributed by atoms with van der Waals surface area (Å²) in [6.45, 7) is 11.8. The average molecular weight is 476 g/mol. The van der Waals surface area contributed by atoms with Crippen molar-refractivity contribution < 1.29 is 24.3 Å². The number of aliphatic hydroxyl groups is 1. The van der Waals surface area contributed by atoms with Gasteiger partial charge in [0.15, 0.2) is 0 Å². The summed E-state index contributed by atoms with van der Waals surface area (Å²) >= 11 is 0. The molecule has 4 amide bonds. The number of H-pyrrole nitrogens is 1. The van der Waals surface area contributed by atoms with Crippen molar-refractivity contribution in [2.24, 2.45) is 5.92 Å². The van der Waals surface area contributed by atoms with E-state index in [0.29, 0.717) is 12.2 Å². The van der Waals surface area contributed by atoms with Gasteiger partial charge in [-0.15, -0.1) is 0 Å². The Hall–Kier alpha value is -3.24. The Labute approximate surface area is 201 Å². The van der Waals surface area contributed by atoms with Crippen molar-refractivity contribution in [3.63, 3.8) is 0 Å². The lowest BCUT2D eigenvalue weighted by atomic mass is 10.0. The highest BCUT2D eigenvalue weighted by Gasteiger charge is 2.38. The van der Waals surface area contributed by atoms with Crippen molar-refractivity contribution >= 4 is 17.8 Å². The highest BCUT2D eigenvalue weighted by molar-refractivity contribution is 6.02. The van der Waals surface area contributed by atoms with Gasteiger partial charge in [-0.1, -0.05) is 64.4 Å². The minimum Gasteiger partial charge on any atom is -0.394 e. The van der Waals surface area contributed by atoms with Gasteiger partial charge >= 0.3 is 6.03 Å². The first-order chi connectivity index (χ1) is 16.3. The maximum Gasteiger partial charge on any atom is 0.325 e. The maximum atomic E-state index is 12.0. The first-order valence-electron chi connectivity index (χ1n) is 11.5. The number of imide groups is 1. The predicted octanol–water partition coefficient (Wildman–Crippen LogP) is 3.10. The van der Waals surface area contributed by atoms with Crippen molar-refractivity contribution in [3.8, 4) is 11.3 Å². The quantitative estimate of drug-likeness (QED) is 0.263. The molecule has 2 heterocycles. The highest BCUT2D eigenvalue weighted by atomic mass is 16.7. The number of aliphatic hydroxyl groups excluding tert-OH is 1. The van der Waals surface area contributed by atoms with Crippen molar-refractivity contribution in [1.82, 2.24) is 25.7 Å². The van der Waals surface area contributed by atoms with Crippen LogP contribution in [0.2, 0.25) is 0 Å². The number of nitrogens with zero attached hydrogens (tertiary/aromatic N) is 2. The molecule has 0 aliphatic carbocycles. The third-order valence-corrected chi connectivity index (χ3v) is 4.73. The molecule has 3 rings (SSSR count). The Balaban J connectivity index is 0.000000446. The molecule has 10 heteroatoms. The van der Waals surface area contributed by atoms with Crippen LogP contribution in [0, 0.1) is 12.8 Å². The van der Waals surface area contributed by atoms with Gasteiger partial charge in [0.25, 0.3) is 5.91 Å². The number of carbonyl (C=O) groups is 3. The molecule has 1 unspecified atom stereocenters. The van der Waals surface area contributed by atoms with E-state index in [1.54, 1.807) is 13.1 Å². The van der Waals surface area contributed by atoms with E-state index in [9.17, 15) is 14.4 Å². The molecule has 0 radical (unpaired) electrons. The van der Waals surface area contributed by atoms with Gasteiger partial charge in [-0.2, -0.15) is 0 Å². The Kier molecular flexibility index (Phi) is 12.5. The molecule has 0 bridgehead atoms. The van der Waals surface area contributed by atoms with Gasteiger partial charge in [0.2, 0.25) is 5.91 Å². The minimum absolute atomic E-state index is 0.0492. The van der Waals surface area contributed by atoms with Gasteiger partial charge in [-0.3, -0.25) is 19.3 Å². The van der Waals surface area contributed by atoms with Gasteiger partial charge in [-0.25, -0.2) is 15.3 Å². The number of imidazole rings is 1. The van der Waals surface area contributed by atoms with Crippen LogP contribution >= 0.6 is 0 Å². The summed E-state index contributed by atoms with van der Waals surface area (Å²) in [6, 6.07) is 7.35. The van der Waals surface area contributed by atoms with Crippen molar-refractivity contribution in [2.75, 3.05) is 19.8 Å². The number of rotatable bonds is 8. The lowest BCUT2D eigenvalue weighted by Crippen LogP contribution is -2.38. The number of benzene rings is 1. The van der Waals surface area contributed by atoms with E-state index >= 15 is 0 Å². The zero-order chi connectivity index (χ0) is 25.7. The van der Waals surface area contributed by atoms with Gasteiger partial charge in [0.1, 0.15) is 11.9 Å². The molecule has 10 nitrogen and oxygen atoms in total. The number of hydroxylamine groups is 1. The predicted molar refractivity (Wildman–Crippen MR) is 129 cm³/mol. The molecule has 1 aromatic carbocycles. The summed E-state index contributed by atoms with van der Waals surface area (Å²) in [6.07, 6.45) is 2.14. The minimum atomic E-state index is -0.399. The van der Waals surface area contributed by atoms with E-state index in [0.717, 1.165) is 11.3 Å². The average Bonchev–Trinajstić information content (AvgIpc) is 3.44. The molecule has 0 spiro atoms. The summed E-state index contributed by atoms with van der Waals surface area (Å²) in [5, 5.41) is 10.7. The zero-order valence-electron chi connectivity index (χ0n) is 20.8. The number of hydrogen-bond donors (Lipinski definition) is 4. The summed E-state index contributed by atoms with van der Waals surface area (Å²) in [7, 11) is 0. The Bertz CT molecular complexity index is 895. The number of amides is 4. The van der Waals surface area contributed by atoms with Gasteiger partial charge in [0.05, 0.1) is 31.6 Å². The first kappa shape index (κ1) is 28.8. The summed E-state index contributed by atoms with van der Waals surface area (Å²) in [5.74, 6) is 0.284. The lowest BCUT2D eigenvalue weighted by molar-refractivity contribution is -0.134. The van der Waals surface area contributed by atoms with E-state index in [1.807, 2.05) is 58.9 Å². The van der Waals surface area contributed by atoms with Gasteiger partial charge in [-0.05, 0) is 18.4 Å². The number of urea groups is 1. The van der Waals surface area contributed by atoms with Crippen LogP contribution in [-0.4, -0.2) is 57.6 Å². The SMILES string of the molecule is CC.CCC(=O)NOCCO.Cc1ccc(-c2cnc(C(C(C)C)N3C(=O)CNC3=O)[nH]2)cc1. The maximum absolute atomic E-state index is 12.0. The van der Waals surface area contributed by atoms with Crippen molar-refractivity contribution in [2.45, 2.75) is 54.0 Å². The number of nitrogens with one attached hydrogen (secondary N) is 3. The monoisotopic (exact) mass is 475 g/mol. The second-order valence-electron chi connectivity index (χ2n) is 7.61. The van der Waals surface area contributed by atoms with E-state index in [-0.39, 0.29) is 43.5 Å². The fourth-order valence-electron chi connectivity index (χ4n) is 3.07. The second kappa shape index (κ2) is 14.8. The third kappa shape index (κ3) is 8.27. The number of hydrogen-bond acceptors (Lipinski definition) is 6. The molecule has 1 aromatic heterocycles. The van der Waals surface area contributed by atoms with Crippen LogP contribution < -0.4 is 10.8 Å². The van der Waals surface area contributed by atoms with E-state index in [1.165, 1.54) is 10.5 Å². The molecular formula is C24H37N5O5. The summed E-state index contributed by atoms with van der Waals surface area (Å²) in [4.78, 5) is 47.8. The smallest absolute Gasteiger partial charge is 0.325 e. The van der Waals surface area contributed by atoms with Crippen LogP contribution in [-0.2, 0) is 14.4 Å². The van der Waals surface area contributed by atoms with Crippen LogP contribution in [0.3, 0.4) is 0 Å². The molecule has 2 aromatic rings. The number of aromatic amines is 1.